The quantitative estimate of drug-likeness (QED) is 0.820. The molecule has 2 rings (SSSR count). The fourth-order valence-electron chi connectivity index (χ4n) is 2.55. The average Bonchev–Trinajstić information content (AvgIpc) is 2.39. The Hall–Kier alpha value is -1.42. The van der Waals surface area contributed by atoms with Gasteiger partial charge < -0.3 is 10.1 Å². The highest BCUT2D eigenvalue weighted by molar-refractivity contribution is 5.89. The summed E-state index contributed by atoms with van der Waals surface area (Å²) in [6.45, 7) is 4.08. The molecule has 0 unspecified atom stereocenters. The highest BCUT2D eigenvalue weighted by atomic mass is 19.1. The van der Waals surface area contributed by atoms with Crippen LogP contribution in [-0.4, -0.2) is 26.2 Å². The molecule has 1 heterocycles. The predicted octanol–water partition coefficient (Wildman–Crippen LogP) is 2.33. The second kappa shape index (κ2) is 5.48. The molecule has 0 spiro atoms. The third-order valence-electron chi connectivity index (χ3n) is 3.61. The molecule has 0 saturated carbocycles. The molecule has 0 amide bonds. The van der Waals surface area contributed by atoms with E-state index in [-0.39, 0.29) is 5.56 Å². The van der Waals surface area contributed by atoms with Gasteiger partial charge in [0.1, 0.15) is 5.82 Å². The SMILES string of the molecule is COC(=O)c1cc([C@H]2CCNC[C@@H]2C)ccc1F. The summed E-state index contributed by atoms with van der Waals surface area (Å²) < 4.78 is 18.2. The molecule has 4 heteroatoms. The topological polar surface area (TPSA) is 38.3 Å². The number of hydrogen-bond acceptors (Lipinski definition) is 3. The first-order chi connectivity index (χ1) is 8.63. The zero-order valence-electron chi connectivity index (χ0n) is 10.7. The molecule has 2 atom stereocenters. The fraction of sp³-hybridized carbons (Fsp3) is 0.500. The van der Waals surface area contributed by atoms with Crippen LogP contribution in [0.15, 0.2) is 18.2 Å². The number of esters is 1. The first-order valence-electron chi connectivity index (χ1n) is 6.22. The molecule has 98 valence electrons. The second-order valence-corrected chi connectivity index (χ2v) is 4.81. The Morgan fingerprint density at radius 3 is 2.94 bits per heavy atom. The lowest BCUT2D eigenvalue weighted by Gasteiger charge is -2.30. The highest BCUT2D eigenvalue weighted by Crippen LogP contribution is 2.31. The lowest BCUT2D eigenvalue weighted by atomic mass is 9.82. The Labute approximate surface area is 106 Å². The largest absolute Gasteiger partial charge is 0.465 e. The summed E-state index contributed by atoms with van der Waals surface area (Å²) in [5.41, 5.74) is 1.05. The van der Waals surface area contributed by atoms with Gasteiger partial charge in [0, 0.05) is 0 Å². The molecule has 1 fully saturated rings. The molecule has 1 aromatic rings. The summed E-state index contributed by atoms with van der Waals surface area (Å²) in [6.07, 6.45) is 1.01. The van der Waals surface area contributed by atoms with Gasteiger partial charge in [-0.1, -0.05) is 13.0 Å². The zero-order chi connectivity index (χ0) is 13.1. The van der Waals surface area contributed by atoms with E-state index in [9.17, 15) is 9.18 Å². The van der Waals surface area contributed by atoms with E-state index in [1.165, 1.54) is 13.2 Å². The normalized spacial score (nSPS) is 23.7. The minimum atomic E-state index is -0.615. The van der Waals surface area contributed by atoms with E-state index < -0.39 is 11.8 Å². The molecule has 1 aliphatic heterocycles. The summed E-state index contributed by atoms with van der Waals surface area (Å²) in [6, 6.07) is 4.76. The monoisotopic (exact) mass is 251 g/mol. The number of hydrogen-bond donors (Lipinski definition) is 1. The van der Waals surface area contributed by atoms with Crippen molar-refractivity contribution in [3.05, 3.63) is 35.1 Å². The van der Waals surface area contributed by atoms with Crippen molar-refractivity contribution in [3.63, 3.8) is 0 Å². The fourth-order valence-corrected chi connectivity index (χ4v) is 2.55. The van der Waals surface area contributed by atoms with Gasteiger partial charge in [-0.25, -0.2) is 9.18 Å². The number of halogens is 1. The van der Waals surface area contributed by atoms with E-state index in [1.54, 1.807) is 12.1 Å². The number of ether oxygens (including phenoxy) is 1. The maximum Gasteiger partial charge on any atom is 0.340 e. The van der Waals surface area contributed by atoms with Gasteiger partial charge >= 0.3 is 5.97 Å². The summed E-state index contributed by atoms with van der Waals surface area (Å²) in [4.78, 5) is 11.5. The standard InChI is InChI=1S/C14H18FNO2/c1-9-8-16-6-5-11(9)10-3-4-13(15)12(7-10)14(17)18-2/h3-4,7,9,11,16H,5-6,8H2,1-2H3/t9-,11-/m0/s1. The molecule has 1 aliphatic rings. The van der Waals surface area contributed by atoms with Crippen LogP contribution in [0.25, 0.3) is 0 Å². The van der Waals surface area contributed by atoms with E-state index in [0.717, 1.165) is 25.1 Å². The summed E-state index contributed by atoms with van der Waals surface area (Å²) in [5.74, 6) is -0.284. The molecule has 0 radical (unpaired) electrons. The van der Waals surface area contributed by atoms with Crippen LogP contribution in [-0.2, 0) is 4.74 Å². The van der Waals surface area contributed by atoms with E-state index in [1.807, 2.05) is 0 Å². The Balaban J connectivity index is 2.31. The first-order valence-corrected chi connectivity index (χ1v) is 6.22. The van der Waals surface area contributed by atoms with Crippen LogP contribution < -0.4 is 5.32 Å². The number of benzene rings is 1. The maximum absolute atomic E-state index is 13.6. The van der Waals surface area contributed by atoms with Gasteiger partial charge in [-0.15, -0.1) is 0 Å². The van der Waals surface area contributed by atoms with Crippen molar-refractivity contribution in [2.24, 2.45) is 5.92 Å². The van der Waals surface area contributed by atoms with Crippen LogP contribution in [0.1, 0.15) is 35.2 Å². The van der Waals surface area contributed by atoms with Gasteiger partial charge in [0.15, 0.2) is 0 Å². The highest BCUT2D eigenvalue weighted by Gasteiger charge is 2.24. The third kappa shape index (κ3) is 2.53. The van der Waals surface area contributed by atoms with Crippen molar-refractivity contribution in [1.29, 1.82) is 0 Å². The Morgan fingerprint density at radius 1 is 1.50 bits per heavy atom. The first kappa shape index (κ1) is 13.0. The minimum absolute atomic E-state index is 0.0285. The van der Waals surface area contributed by atoms with Gasteiger partial charge in [0.05, 0.1) is 12.7 Å². The molecular formula is C14H18FNO2. The summed E-state index contributed by atoms with van der Waals surface area (Å²) >= 11 is 0. The lowest BCUT2D eigenvalue weighted by Crippen LogP contribution is -2.33. The Kier molecular flexibility index (Phi) is 3.97. The number of rotatable bonds is 2. The molecule has 0 aromatic heterocycles. The van der Waals surface area contributed by atoms with E-state index in [2.05, 4.69) is 17.0 Å². The Bertz CT molecular complexity index is 447. The van der Waals surface area contributed by atoms with Crippen LogP contribution in [0.5, 0.6) is 0 Å². The molecule has 1 N–H and O–H groups in total. The van der Waals surface area contributed by atoms with Crippen molar-refractivity contribution in [3.8, 4) is 0 Å². The van der Waals surface area contributed by atoms with Crippen LogP contribution >= 0.6 is 0 Å². The van der Waals surface area contributed by atoms with Crippen LogP contribution in [0, 0.1) is 11.7 Å². The van der Waals surface area contributed by atoms with Gasteiger partial charge in [-0.05, 0) is 49.0 Å². The van der Waals surface area contributed by atoms with E-state index in [0.29, 0.717) is 11.8 Å². The third-order valence-corrected chi connectivity index (χ3v) is 3.61. The van der Waals surface area contributed by atoms with Crippen LogP contribution in [0.3, 0.4) is 0 Å². The van der Waals surface area contributed by atoms with E-state index in [4.69, 9.17) is 0 Å². The van der Waals surface area contributed by atoms with Crippen molar-refractivity contribution in [2.45, 2.75) is 19.3 Å². The predicted molar refractivity (Wildman–Crippen MR) is 67.1 cm³/mol. The molecule has 1 saturated heterocycles. The van der Waals surface area contributed by atoms with Crippen molar-refractivity contribution < 1.29 is 13.9 Å². The number of piperidine rings is 1. The second-order valence-electron chi connectivity index (χ2n) is 4.81. The van der Waals surface area contributed by atoms with Crippen molar-refractivity contribution >= 4 is 5.97 Å². The molecule has 3 nitrogen and oxygen atoms in total. The van der Waals surface area contributed by atoms with Gasteiger partial charge in [-0.2, -0.15) is 0 Å². The van der Waals surface area contributed by atoms with Gasteiger partial charge in [0.25, 0.3) is 0 Å². The van der Waals surface area contributed by atoms with Crippen LogP contribution in [0.2, 0.25) is 0 Å². The van der Waals surface area contributed by atoms with Crippen molar-refractivity contribution in [1.82, 2.24) is 5.32 Å². The molecule has 0 aliphatic carbocycles. The zero-order valence-corrected chi connectivity index (χ0v) is 10.7. The molecule has 0 bridgehead atoms. The maximum atomic E-state index is 13.6. The number of methoxy groups -OCH3 is 1. The smallest absolute Gasteiger partial charge is 0.340 e. The molecule has 18 heavy (non-hydrogen) atoms. The Morgan fingerprint density at radius 2 is 2.28 bits per heavy atom. The van der Waals surface area contributed by atoms with Crippen molar-refractivity contribution in [2.75, 3.05) is 20.2 Å². The average molecular weight is 251 g/mol. The number of nitrogens with one attached hydrogen (secondary N) is 1. The van der Waals surface area contributed by atoms with E-state index >= 15 is 0 Å². The van der Waals surface area contributed by atoms with Gasteiger partial charge in [-0.3, -0.25) is 0 Å². The summed E-state index contributed by atoms with van der Waals surface area (Å²) in [5, 5.41) is 3.33. The number of carbonyl (C=O) groups is 1. The van der Waals surface area contributed by atoms with Crippen LogP contribution in [0.4, 0.5) is 4.39 Å². The molecule has 1 aromatic carbocycles. The lowest BCUT2D eigenvalue weighted by molar-refractivity contribution is 0.0595. The van der Waals surface area contributed by atoms with Gasteiger partial charge in [0.2, 0.25) is 0 Å². The molecular weight excluding hydrogens is 233 g/mol. The summed E-state index contributed by atoms with van der Waals surface area (Å²) in [7, 11) is 1.27. The number of carbonyl (C=O) groups excluding carboxylic acids is 1. The minimum Gasteiger partial charge on any atom is -0.465 e.